The second kappa shape index (κ2) is 5.68. The van der Waals surface area contributed by atoms with Crippen LogP contribution < -0.4 is 10.0 Å². The molecule has 19 heavy (non-hydrogen) atoms. The molecule has 0 aliphatic carbocycles. The third kappa shape index (κ3) is 3.31. The van der Waals surface area contributed by atoms with Crippen LogP contribution in [0.2, 0.25) is 0 Å². The summed E-state index contributed by atoms with van der Waals surface area (Å²) in [4.78, 5) is 0. The molecule has 0 amide bonds. The van der Waals surface area contributed by atoms with E-state index >= 15 is 0 Å². The third-order valence-corrected chi connectivity index (χ3v) is 4.67. The van der Waals surface area contributed by atoms with Crippen LogP contribution in [0.3, 0.4) is 0 Å². The first kappa shape index (κ1) is 14.0. The average molecular weight is 302 g/mol. The van der Waals surface area contributed by atoms with Crippen molar-refractivity contribution in [2.75, 3.05) is 12.4 Å². The van der Waals surface area contributed by atoms with Crippen LogP contribution in [-0.4, -0.2) is 25.7 Å². The maximum Gasteiger partial charge on any atom is 0.273 e. The summed E-state index contributed by atoms with van der Waals surface area (Å²) in [6, 6.07) is 3.03. The van der Waals surface area contributed by atoms with Crippen molar-refractivity contribution < 1.29 is 12.8 Å². The van der Waals surface area contributed by atoms with E-state index in [9.17, 15) is 8.42 Å². The van der Waals surface area contributed by atoms with Crippen LogP contribution in [-0.2, 0) is 23.0 Å². The molecule has 9 heteroatoms. The van der Waals surface area contributed by atoms with Gasteiger partial charge in [-0.2, -0.15) is 0 Å². The lowest BCUT2D eigenvalue weighted by atomic mass is 10.4. The lowest BCUT2D eigenvalue weighted by molar-refractivity contribution is 0.417. The van der Waals surface area contributed by atoms with Crippen molar-refractivity contribution in [1.29, 1.82) is 0 Å². The van der Waals surface area contributed by atoms with Crippen LogP contribution in [0.1, 0.15) is 17.7 Å². The zero-order chi connectivity index (χ0) is 13.9. The second-order valence-corrected chi connectivity index (χ2v) is 6.52. The molecule has 0 aliphatic heterocycles. The molecule has 0 atom stereocenters. The van der Waals surface area contributed by atoms with Gasteiger partial charge in [-0.25, -0.2) is 13.1 Å². The highest BCUT2D eigenvalue weighted by atomic mass is 32.2. The van der Waals surface area contributed by atoms with Gasteiger partial charge in [-0.15, -0.1) is 10.2 Å². The van der Waals surface area contributed by atoms with E-state index in [2.05, 4.69) is 20.2 Å². The van der Waals surface area contributed by atoms with Gasteiger partial charge in [0.1, 0.15) is 10.8 Å². The number of sulfonamides is 1. The third-order valence-electron chi connectivity index (χ3n) is 2.35. The lowest BCUT2D eigenvalue weighted by Crippen LogP contribution is -2.17. The second-order valence-electron chi connectivity index (χ2n) is 3.64. The van der Waals surface area contributed by atoms with E-state index in [1.807, 2.05) is 6.92 Å². The van der Waals surface area contributed by atoms with E-state index in [4.69, 9.17) is 4.42 Å². The predicted octanol–water partition coefficient (Wildman–Crippen LogP) is 1.21. The topological polar surface area (TPSA) is 97.1 Å². The van der Waals surface area contributed by atoms with Crippen LogP contribution in [0.5, 0.6) is 0 Å². The standard InChI is InChI=1S/C10H14N4O3S2/c1-3-8-13-14-10(18-8)12-6-7-4-5-9(17-7)19(15,16)11-2/h4-5,11H,3,6H2,1-2H3,(H,12,14). The van der Waals surface area contributed by atoms with Gasteiger partial charge in [0.2, 0.25) is 10.2 Å². The van der Waals surface area contributed by atoms with Crippen LogP contribution in [0, 0.1) is 0 Å². The van der Waals surface area contributed by atoms with Crippen molar-refractivity contribution in [2.45, 2.75) is 25.0 Å². The molecule has 2 aromatic heterocycles. The highest BCUT2D eigenvalue weighted by Gasteiger charge is 2.16. The van der Waals surface area contributed by atoms with Gasteiger partial charge in [0.15, 0.2) is 0 Å². The fourth-order valence-corrected chi connectivity index (χ4v) is 2.67. The molecule has 0 saturated carbocycles. The average Bonchev–Trinajstić information content (AvgIpc) is 3.05. The minimum absolute atomic E-state index is 0.0988. The molecule has 7 nitrogen and oxygen atoms in total. The van der Waals surface area contributed by atoms with Gasteiger partial charge in [0.25, 0.3) is 10.0 Å². The number of nitrogens with zero attached hydrogens (tertiary/aromatic N) is 2. The highest BCUT2D eigenvalue weighted by Crippen LogP contribution is 2.18. The molecule has 104 valence electrons. The number of aromatic nitrogens is 2. The highest BCUT2D eigenvalue weighted by molar-refractivity contribution is 7.89. The first-order valence-corrected chi connectivity index (χ1v) is 7.93. The molecule has 0 aromatic carbocycles. The van der Waals surface area contributed by atoms with Gasteiger partial charge in [-0.05, 0) is 25.6 Å². The Morgan fingerprint density at radius 2 is 2.16 bits per heavy atom. The van der Waals surface area contributed by atoms with Gasteiger partial charge >= 0.3 is 0 Å². The molecule has 2 heterocycles. The lowest BCUT2D eigenvalue weighted by Gasteiger charge is -1.99. The fraction of sp³-hybridized carbons (Fsp3) is 0.400. The molecule has 0 unspecified atom stereocenters. The summed E-state index contributed by atoms with van der Waals surface area (Å²) < 4.78 is 30.4. The van der Waals surface area contributed by atoms with Crippen molar-refractivity contribution in [3.63, 3.8) is 0 Å². The first-order chi connectivity index (χ1) is 9.05. The number of hydrogen-bond acceptors (Lipinski definition) is 7. The monoisotopic (exact) mass is 302 g/mol. The molecule has 2 N–H and O–H groups in total. The first-order valence-electron chi connectivity index (χ1n) is 5.63. The summed E-state index contributed by atoms with van der Waals surface area (Å²) in [5, 5.41) is 12.5. The van der Waals surface area contributed by atoms with Crippen molar-refractivity contribution in [2.24, 2.45) is 0 Å². The molecular weight excluding hydrogens is 288 g/mol. The van der Waals surface area contributed by atoms with E-state index in [-0.39, 0.29) is 5.09 Å². The van der Waals surface area contributed by atoms with E-state index in [1.54, 1.807) is 6.07 Å². The van der Waals surface area contributed by atoms with E-state index < -0.39 is 10.0 Å². The molecule has 2 aromatic rings. The molecule has 0 bridgehead atoms. The van der Waals surface area contributed by atoms with Gasteiger partial charge in [-0.3, -0.25) is 0 Å². The van der Waals surface area contributed by atoms with Crippen LogP contribution >= 0.6 is 11.3 Å². The Hall–Kier alpha value is -1.45. The van der Waals surface area contributed by atoms with Gasteiger partial charge in [0.05, 0.1) is 6.54 Å². The van der Waals surface area contributed by atoms with Gasteiger partial charge < -0.3 is 9.73 Å². The number of anilines is 1. The Bertz CT molecular complexity index is 647. The molecule has 0 saturated heterocycles. The molecule has 2 rings (SSSR count). The number of aryl methyl sites for hydroxylation is 1. The molecule has 0 radical (unpaired) electrons. The van der Waals surface area contributed by atoms with E-state index in [1.165, 1.54) is 24.5 Å². The Morgan fingerprint density at radius 3 is 2.79 bits per heavy atom. The minimum Gasteiger partial charge on any atom is -0.446 e. The van der Waals surface area contributed by atoms with Crippen molar-refractivity contribution in [1.82, 2.24) is 14.9 Å². The smallest absolute Gasteiger partial charge is 0.273 e. The summed E-state index contributed by atoms with van der Waals surface area (Å²) in [5.41, 5.74) is 0. The minimum atomic E-state index is -3.53. The number of hydrogen-bond donors (Lipinski definition) is 2. The zero-order valence-electron chi connectivity index (χ0n) is 10.5. The summed E-state index contributed by atoms with van der Waals surface area (Å²) in [7, 11) is -2.19. The quantitative estimate of drug-likeness (QED) is 0.832. The fourth-order valence-electron chi connectivity index (χ4n) is 1.33. The summed E-state index contributed by atoms with van der Waals surface area (Å²) in [6.07, 6.45) is 0.838. The summed E-state index contributed by atoms with van der Waals surface area (Å²) in [5.74, 6) is 0.516. The Morgan fingerprint density at radius 1 is 1.37 bits per heavy atom. The predicted molar refractivity (Wildman–Crippen MR) is 71.6 cm³/mol. The Balaban J connectivity index is 2.01. The maximum absolute atomic E-state index is 11.5. The number of rotatable bonds is 6. The largest absolute Gasteiger partial charge is 0.446 e. The zero-order valence-corrected chi connectivity index (χ0v) is 12.1. The molecule has 0 spiro atoms. The van der Waals surface area contributed by atoms with Crippen molar-refractivity contribution >= 4 is 26.5 Å². The summed E-state index contributed by atoms with van der Waals surface area (Å²) >= 11 is 1.46. The number of furan rings is 1. The van der Waals surface area contributed by atoms with Crippen molar-refractivity contribution in [3.8, 4) is 0 Å². The molecular formula is C10H14N4O3S2. The van der Waals surface area contributed by atoms with E-state index in [0.717, 1.165) is 11.4 Å². The Kier molecular flexibility index (Phi) is 4.17. The summed E-state index contributed by atoms with van der Waals surface area (Å²) in [6.45, 7) is 2.36. The number of nitrogens with one attached hydrogen (secondary N) is 2. The van der Waals surface area contributed by atoms with Crippen LogP contribution in [0.15, 0.2) is 21.6 Å². The van der Waals surface area contributed by atoms with Gasteiger partial charge in [-0.1, -0.05) is 18.3 Å². The Labute approximate surface area is 115 Å². The van der Waals surface area contributed by atoms with Crippen LogP contribution in [0.4, 0.5) is 5.13 Å². The van der Waals surface area contributed by atoms with E-state index in [0.29, 0.717) is 17.4 Å². The normalized spacial score (nSPS) is 11.7. The SMILES string of the molecule is CCc1nnc(NCc2ccc(S(=O)(=O)NC)o2)s1. The van der Waals surface area contributed by atoms with Crippen molar-refractivity contribution in [3.05, 3.63) is 22.9 Å². The molecule has 0 aliphatic rings. The van der Waals surface area contributed by atoms with Gasteiger partial charge in [0, 0.05) is 0 Å². The maximum atomic E-state index is 11.5. The van der Waals surface area contributed by atoms with Crippen LogP contribution in [0.25, 0.3) is 0 Å². The molecule has 0 fully saturated rings.